The second-order valence-electron chi connectivity index (χ2n) is 5.56. The Labute approximate surface area is 139 Å². The Morgan fingerprint density at radius 1 is 1.05 bits per heavy atom. The predicted octanol–water partition coefficient (Wildman–Crippen LogP) is 4.75. The van der Waals surface area contributed by atoms with E-state index in [2.05, 4.69) is 27.7 Å². The minimum absolute atomic E-state index is 0.666. The van der Waals surface area contributed by atoms with Crippen LogP contribution in [-0.2, 0) is 13.1 Å². The van der Waals surface area contributed by atoms with Crippen molar-refractivity contribution >= 4 is 40.2 Å². The number of rotatable bonds is 2. The van der Waals surface area contributed by atoms with Gasteiger partial charge in [0.2, 0.25) is 5.95 Å². The summed E-state index contributed by atoms with van der Waals surface area (Å²) in [7, 11) is 0. The number of aryl methyl sites for hydroxylation is 1. The van der Waals surface area contributed by atoms with E-state index in [1.54, 1.807) is 6.07 Å². The summed E-state index contributed by atoms with van der Waals surface area (Å²) in [4.78, 5) is 7.09. The highest BCUT2D eigenvalue weighted by atomic mass is 35.5. The van der Waals surface area contributed by atoms with E-state index in [9.17, 15) is 0 Å². The van der Waals surface area contributed by atoms with Crippen molar-refractivity contribution in [2.45, 2.75) is 19.5 Å². The summed E-state index contributed by atoms with van der Waals surface area (Å²) in [5.41, 5.74) is 3.32. The molecule has 1 aromatic heterocycles. The maximum absolute atomic E-state index is 6.32. The lowest BCUT2D eigenvalue weighted by Gasteiger charge is -2.29. The van der Waals surface area contributed by atoms with Gasteiger partial charge in [-0.25, -0.2) is 4.98 Å². The van der Waals surface area contributed by atoms with Crippen molar-refractivity contribution in [3.63, 3.8) is 0 Å². The Hall–Kier alpha value is -1.71. The summed E-state index contributed by atoms with van der Waals surface area (Å²) in [6, 6.07) is 14.0. The maximum Gasteiger partial charge on any atom is 0.206 e. The number of hydrogen-bond acceptors (Lipinski definition) is 2. The normalized spacial score (nSPS) is 14.4. The summed E-state index contributed by atoms with van der Waals surface area (Å²) >= 11 is 12.3. The minimum Gasteiger partial charge on any atom is -0.338 e. The molecule has 0 atom stereocenters. The number of benzene rings is 2. The second kappa shape index (κ2) is 5.49. The third-order valence-corrected chi connectivity index (χ3v) is 4.69. The molecule has 3 aromatic rings. The lowest BCUT2D eigenvalue weighted by molar-refractivity contribution is 0.564. The topological polar surface area (TPSA) is 21.1 Å². The molecule has 0 bridgehead atoms. The second-order valence-corrected chi connectivity index (χ2v) is 6.41. The van der Waals surface area contributed by atoms with Crippen LogP contribution >= 0.6 is 23.2 Å². The molecule has 0 saturated heterocycles. The molecular formula is C17H15Cl2N3. The number of aromatic nitrogens is 2. The van der Waals surface area contributed by atoms with E-state index in [4.69, 9.17) is 28.2 Å². The van der Waals surface area contributed by atoms with Crippen LogP contribution in [0.4, 0.5) is 5.95 Å². The first-order chi connectivity index (χ1) is 10.7. The van der Waals surface area contributed by atoms with Gasteiger partial charge < -0.3 is 9.47 Å². The van der Waals surface area contributed by atoms with Gasteiger partial charge in [0.1, 0.15) is 0 Å². The molecule has 0 N–H and O–H groups in total. The van der Waals surface area contributed by atoms with E-state index in [1.807, 2.05) is 18.2 Å². The van der Waals surface area contributed by atoms with Crippen LogP contribution in [0.5, 0.6) is 0 Å². The lowest BCUT2D eigenvalue weighted by Crippen LogP contribution is -2.32. The molecule has 2 aromatic carbocycles. The highest BCUT2D eigenvalue weighted by Crippen LogP contribution is 2.29. The zero-order valence-corrected chi connectivity index (χ0v) is 13.5. The molecular weight excluding hydrogens is 317 g/mol. The molecule has 0 spiro atoms. The van der Waals surface area contributed by atoms with E-state index >= 15 is 0 Å². The number of anilines is 1. The smallest absolute Gasteiger partial charge is 0.206 e. The molecule has 0 aliphatic carbocycles. The predicted molar refractivity (Wildman–Crippen MR) is 91.9 cm³/mol. The number of para-hydroxylation sites is 2. The summed E-state index contributed by atoms with van der Waals surface area (Å²) in [5, 5.41) is 1.38. The summed E-state index contributed by atoms with van der Waals surface area (Å²) in [5.74, 6) is 1.03. The van der Waals surface area contributed by atoms with E-state index < -0.39 is 0 Å². The molecule has 3 nitrogen and oxygen atoms in total. The SMILES string of the molecule is Clc1ccc(CN2CCCn3c2nc2ccccc23)c(Cl)c1. The average Bonchev–Trinajstić information content (AvgIpc) is 2.90. The van der Waals surface area contributed by atoms with E-state index in [1.165, 1.54) is 5.52 Å². The Kier molecular flexibility index (Phi) is 3.47. The van der Waals surface area contributed by atoms with Gasteiger partial charge in [-0.15, -0.1) is 0 Å². The summed E-state index contributed by atoms with van der Waals surface area (Å²) in [6.45, 7) is 2.75. The van der Waals surface area contributed by atoms with Crippen molar-refractivity contribution < 1.29 is 0 Å². The van der Waals surface area contributed by atoms with Crippen LogP contribution in [0, 0.1) is 0 Å². The van der Waals surface area contributed by atoms with Crippen molar-refractivity contribution in [1.29, 1.82) is 0 Å². The fraction of sp³-hybridized carbons (Fsp3) is 0.235. The quantitative estimate of drug-likeness (QED) is 0.675. The van der Waals surface area contributed by atoms with Gasteiger partial charge in [0, 0.05) is 29.7 Å². The van der Waals surface area contributed by atoms with Gasteiger partial charge in [-0.05, 0) is 36.2 Å². The average molecular weight is 332 g/mol. The number of nitrogens with zero attached hydrogens (tertiary/aromatic N) is 3. The molecule has 0 radical (unpaired) electrons. The highest BCUT2D eigenvalue weighted by Gasteiger charge is 2.21. The van der Waals surface area contributed by atoms with E-state index in [-0.39, 0.29) is 0 Å². The molecule has 0 saturated carbocycles. The maximum atomic E-state index is 6.32. The number of imidazole rings is 1. The van der Waals surface area contributed by atoms with Crippen LogP contribution in [0.25, 0.3) is 11.0 Å². The van der Waals surface area contributed by atoms with Gasteiger partial charge >= 0.3 is 0 Å². The monoisotopic (exact) mass is 331 g/mol. The first-order valence-electron chi connectivity index (χ1n) is 7.36. The van der Waals surface area contributed by atoms with Gasteiger partial charge in [-0.2, -0.15) is 0 Å². The van der Waals surface area contributed by atoms with Crippen molar-refractivity contribution in [2.75, 3.05) is 11.4 Å². The number of fused-ring (bicyclic) bond motifs is 3. The third-order valence-electron chi connectivity index (χ3n) is 4.10. The minimum atomic E-state index is 0.666. The number of halogens is 2. The van der Waals surface area contributed by atoms with Crippen molar-refractivity contribution in [3.05, 3.63) is 58.1 Å². The van der Waals surface area contributed by atoms with Gasteiger partial charge in [0.15, 0.2) is 0 Å². The molecule has 0 unspecified atom stereocenters. The zero-order valence-electron chi connectivity index (χ0n) is 12.0. The first kappa shape index (κ1) is 13.9. The zero-order chi connectivity index (χ0) is 15.1. The van der Waals surface area contributed by atoms with Crippen LogP contribution in [0.1, 0.15) is 12.0 Å². The summed E-state index contributed by atoms with van der Waals surface area (Å²) < 4.78 is 2.29. The Morgan fingerprint density at radius 3 is 2.77 bits per heavy atom. The Balaban J connectivity index is 1.73. The summed E-state index contributed by atoms with van der Waals surface area (Å²) in [6.07, 6.45) is 1.11. The Morgan fingerprint density at radius 2 is 1.91 bits per heavy atom. The highest BCUT2D eigenvalue weighted by molar-refractivity contribution is 6.35. The van der Waals surface area contributed by atoms with Gasteiger partial charge in [-0.3, -0.25) is 0 Å². The van der Waals surface area contributed by atoms with Crippen molar-refractivity contribution in [3.8, 4) is 0 Å². The molecule has 22 heavy (non-hydrogen) atoms. The largest absolute Gasteiger partial charge is 0.338 e. The van der Waals surface area contributed by atoms with E-state index in [0.29, 0.717) is 10.0 Å². The molecule has 0 amide bonds. The van der Waals surface area contributed by atoms with Crippen LogP contribution in [0.2, 0.25) is 10.0 Å². The molecule has 4 rings (SSSR count). The fourth-order valence-electron chi connectivity index (χ4n) is 3.05. The lowest BCUT2D eigenvalue weighted by atomic mass is 10.2. The molecule has 1 aliphatic heterocycles. The van der Waals surface area contributed by atoms with Crippen LogP contribution < -0.4 is 4.90 Å². The van der Waals surface area contributed by atoms with Crippen LogP contribution in [0.3, 0.4) is 0 Å². The van der Waals surface area contributed by atoms with Gasteiger partial charge in [0.05, 0.1) is 11.0 Å². The Bertz CT molecular complexity index is 841. The van der Waals surface area contributed by atoms with Crippen LogP contribution in [0.15, 0.2) is 42.5 Å². The molecule has 1 aliphatic rings. The van der Waals surface area contributed by atoms with Crippen LogP contribution in [-0.4, -0.2) is 16.1 Å². The molecule has 5 heteroatoms. The van der Waals surface area contributed by atoms with Gasteiger partial charge in [-0.1, -0.05) is 41.4 Å². The first-order valence-corrected chi connectivity index (χ1v) is 8.12. The number of hydrogen-bond donors (Lipinski definition) is 0. The fourth-order valence-corrected chi connectivity index (χ4v) is 3.52. The molecule has 112 valence electrons. The standard InChI is InChI=1S/C17H15Cl2N3/c18-13-7-6-12(14(19)10-13)11-21-8-3-9-22-16-5-2-1-4-15(16)20-17(21)22/h1-2,4-7,10H,3,8-9,11H2. The van der Waals surface area contributed by atoms with Crippen molar-refractivity contribution in [2.24, 2.45) is 0 Å². The molecule has 2 heterocycles. The third kappa shape index (κ3) is 2.34. The van der Waals surface area contributed by atoms with Crippen molar-refractivity contribution in [1.82, 2.24) is 9.55 Å². The molecule has 0 fully saturated rings. The van der Waals surface area contributed by atoms with Gasteiger partial charge in [0.25, 0.3) is 0 Å². The van der Waals surface area contributed by atoms with E-state index in [0.717, 1.165) is 43.1 Å².